The van der Waals surface area contributed by atoms with E-state index < -0.39 is 14.8 Å². The molecule has 1 heterocycles. The molecule has 6 heteroatoms. The van der Waals surface area contributed by atoms with Crippen LogP contribution in [0, 0.1) is 0 Å². The Kier molecular flexibility index (Phi) is 3.60. The predicted molar refractivity (Wildman–Crippen MR) is 67.1 cm³/mol. The van der Waals surface area contributed by atoms with Crippen LogP contribution in [0.1, 0.15) is 41.0 Å². The maximum atomic E-state index is 11.8. The first kappa shape index (κ1) is 14.4. The number of nitrogens with zero attached hydrogens (tertiary/aromatic N) is 1. The molecule has 0 unspecified atom stereocenters. The lowest BCUT2D eigenvalue weighted by molar-refractivity contribution is -0.132. The number of hydrogen-bond acceptors (Lipinski definition) is 4. The highest BCUT2D eigenvalue weighted by Crippen LogP contribution is 2.34. The van der Waals surface area contributed by atoms with Crippen molar-refractivity contribution in [3.8, 4) is 0 Å². The number of sulfonamides is 1. The zero-order valence-electron chi connectivity index (χ0n) is 11.2. The summed E-state index contributed by atoms with van der Waals surface area (Å²) in [5.41, 5.74) is 0.0110. The molecule has 100 valence electrons. The molecule has 0 bridgehead atoms. The number of rotatable bonds is 4. The fourth-order valence-electron chi connectivity index (χ4n) is 1.66. The Morgan fingerprint density at radius 1 is 1.29 bits per heavy atom. The number of carbonyl (C=O) groups is 1. The van der Waals surface area contributed by atoms with Gasteiger partial charge in [-0.05, 0) is 47.6 Å². The van der Waals surface area contributed by atoms with Gasteiger partial charge in [-0.3, -0.25) is 4.79 Å². The second-order valence-corrected chi connectivity index (χ2v) is 8.33. The van der Waals surface area contributed by atoms with Crippen LogP contribution in [0.4, 0.5) is 0 Å². The Labute approximate surface area is 104 Å². The van der Waals surface area contributed by atoms with Crippen molar-refractivity contribution < 1.29 is 13.2 Å². The highest BCUT2D eigenvalue weighted by Gasteiger charge is 2.59. The molecule has 0 aromatic rings. The van der Waals surface area contributed by atoms with Crippen LogP contribution in [0.25, 0.3) is 0 Å². The molecular formula is C11H22N2O3S. The van der Waals surface area contributed by atoms with E-state index in [1.165, 1.54) is 13.8 Å². The van der Waals surface area contributed by atoms with Crippen LogP contribution in [-0.4, -0.2) is 42.0 Å². The van der Waals surface area contributed by atoms with Crippen LogP contribution in [0.3, 0.4) is 0 Å². The molecule has 1 aliphatic heterocycles. The summed E-state index contributed by atoms with van der Waals surface area (Å²) in [7, 11) is -3.41. The van der Waals surface area contributed by atoms with Crippen molar-refractivity contribution in [2.24, 2.45) is 0 Å². The van der Waals surface area contributed by atoms with Gasteiger partial charge in [0.1, 0.15) is 0 Å². The van der Waals surface area contributed by atoms with Crippen molar-refractivity contribution in [1.82, 2.24) is 9.62 Å². The van der Waals surface area contributed by atoms with Gasteiger partial charge in [-0.2, -0.15) is 0 Å². The van der Waals surface area contributed by atoms with Crippen molar-refractivity contribution in [2.75, 3.05) is 13.1 Å². The van der Waals surface area contributed by atoms with E-state index in [-0.39, 0.29) is 18.0 Å². The van der Waals surface area contributed by atoms with E-state index in [2.05, 4.69) is 5.32 Å². The summed E-state index contributed by atoms with van der Waals surface area (Å²) in [6.07, 6.45) is 0.637. The lowest BCUT2D eigenvalue weighted by Gasteiger charge is -2.43. The van der Waals surface area contributed by atoms with E-state index in [0.29, 0.717) is 13.0 Å². The van der Waals surface area contributed by atoms with Crippen molar-refractivity contribution >= 4 is 15.9 Å². The fraction of sp³-hybridized carbons (Fsp3) is 0.909. The first-order valence-electron chi connectivity index (χ1n) is 5.82. The van der Waals surface area contributed by atoms with Gasteiger partial charge in [-0.1, -0.05) is 0 Å². The largest absolute Gasteiger partial charge is 0.312 e. The Morgan fingerprint density at radius 2 is 1.82 bits per heavy atom. The third kappa shape index (κ3) is 2.63. The Bertz CT molecular complexity index is 407. The monoisotopic (exact) mass is 262 g/mol. The summed E-state index contributed by atoms with van der Waals surface area (Å²) in [6.45, 7) is 10.0. The minimum absolute atomic E-state index is 0.0110. The van der Waals surface area contributed by atoms with E-state index in [4.69, 9.17) is 0 Å². The van der Waals surface area contributed by atoms with Crippen LogP contribution < -0.4 is 5.32 Å². The van der Waals surface area contributed by atoms with Crippen LogP contribution in [-0.2, 0) is 14.8 Å². The summed E-state index contributed by atoms with van der Waals surface area (Å²) in [4.78, 5) is 11.6. The Balaban J connectivity index is 2.44. The van der Waals surface area contributed by atoms with E-state index in [9.17, 15) is 13.2 Å². The normalized spacial score (nSPS) is 22.4. The van der Waals surface area contributed by atoms with E-state index in [1.807, 2.05) is 20.8 Å². The van der Waals surface area contributed by atoms with Crippen LogP contribution in [0.15, 0.2) is 0 Å². The molecule has 1 amide bonds. The Morgan fingerprint density at radius 3 is 2.24 bits per heavy atom. The number of nitrogens with one attached hydrogen (secondary N) is 1. The van der Waals surface area contributed by atoms with Crippen molar-refractivity contribution in [2.45, 2.75) is 51.3 Å². The van der Waals surface area contributed by atoms with Crippen molar-refractivity contribution in [3.63, 3.8) is 0 Å². The molecule has 1 rings (SSSR count). The summed E-state index contributed by atoms with van der Waals surface area (Å²) in [6, 6.07) is 0. The smallest absolute Gasteiger partial charge is 0.258 e. The number of hydrogen-bond donors (Lipinski definition) is 1. The third-order valence-electron chi connectivity index (χ3n) is 2.87. The first-order chi connectivity index (χ1) is 7.50. The summed E-state index contributed by atoms with van der Waals surface area (Å²) in [5.74, 6) is -0.298. The highest BCUT2D eigenvalue weighted by molar-refractivity contribution is 7.94. The van der Waals surface area contributed by atoms with Gasteiger partial charge in [0.15, 0.2) is 4.75 Å². The zero-order chi connectivity index (χ0) is 13.5. The fourth-order valence-corrected chi connectivity index (χ4v) is 3.23. The average molecular weight is 262 g/mol. The van der Waals surface area contributed by atoms with Gasteiger partial charge < -0.3 is 5.32 Å². The van der Waals surface area contributed by atoms with Gasteiger partial charge in [0.05, 0.1) is 0 Å². The predicted octanol–water partition coefficient (Wildman–Crippen LogP) is 0.715. The van der Waals surface area contributed by atoms with Crippen LogP contribution in [0.2, 0.25) is 0 Å². The van der Waals surface area contributed by atoms with Gasteiger partial charge in [-0.25, -0.2) is 12.7 Å². The van der Waals surface area contributed by atoms with Gasteiger partial charge in [0, 0.05) is 12.1 Å². The molecule has 0 aliphatic carbocycles. The summed E-state index contributed by atoms with van der Waals surface area (Å²) < 4.78 is 23.3. The summed E-state index contributed by atoms with van der Waals surface area (Å²) >= 11 is 0. The molecule has 1 N–H and O–H groups in total. The van der Waals surface area contributed by atoms with E-state index in [1.54, 1.807) is 0 Å². The summed E-state index contributed by atoms with van der Waals surface area (Å²) in [5, 5.41) is 3.26. The molecule has 0 radical (unpaired) electrons. The van der Waals surface area contributed by atoms with Crippen molar-refractivity contribution in [1.29, 1.82) is 0 Å². The third-order valence-corrected chi connectivity index (χ3v) is 5.26. The second kappa shape index (κ2) is 4.24. The Hall–Kier alpha value is -0.620. The number of carbonyl (C=O) groups excluding carboxylic acids is 1. The minimum atomic E-state index is -3.41. The first-order valence-corrected chi connectivity index (χ1v) is 7.26. The molecule has 17 heavy (non-hydrogen) atoms. The quantitative estimate of drug-likeness (QED) is 0.758. The molecule has 1 saturated heterocycles. The van der Waals surface area contributed by atoms with Crippen LogP contribution >= 0.6 is 0 Å². The maximum Gasteiger partial charge on any atom is 0.258 e. The van der Waals surface area contributed by atoms with E-state index in [0.717, 1.165) is 4.31 Å². The van der Waals surface area contributed by atoms with Gasteiger partial charge >= 0.3 is 0 Å². The maximum absolute atomic E-state index is 11.8. The van der Waals surface area contributed by atoms with E-state index >= 15 is 0 Å². The second-order valence-electron chi connectivity index (χ2n) is 5.92. The topological polar surface area (TPSA) is 66.5 Å². The van der Waals surface area contributed by atoms with Crippen molar-refractivity contribution in [3.05, 3.63) is 0 Å². The molecule has 0 spiro atoms. The molecule has 0 saturated carbocycles. The van der Waals surface area contributed by atoms with Crippen LogP contribution in [0.5, 0.6) is 0 Å². The molecule has 1 aliphatic rings. The van der Waals surface area contributed by atoms with Gasteiger partial charge in [0.2, 0.25) is 0 Å². The zero-order valence-corrected chi connectivity index (χ0v) is 12.0. The molecule has 0 aromatic heterocycles. The molecule has 0 atom stereocenters. The average Bonchev–Trinajstić information content (AvgIpc) is 2.14. The van der Waals surface area contributed by atoms with Gasteiger partial charge in [0.25, 0.3) is 15.9 Å². The minimum Gasteiger partial charge on any atom is -0.312 e. The molecule has 5 nitrogen and oxygen atoms in total. The van der Waals surface area contributed by atoms with Gasteiger partial charge in [-0.15, -0.1) is 0 Å². The molecule has 1 fully saturated rings. The highest BCUT2D eigenvalue weighted by atomic mass is 32.2. The SMILES string of the molecule is CC(C)(C)NCCCN1C(=O)C(C)(C)S1(=O)=O. The lowest BCUT2D eigenvalue weighted by atomic mass is 10.1. The lowest BCUT2D eigenvalue weighted by Crippen LogP contribution is -2.67. The molecule has 0 aromatic carbocycles. The molecular weight excluding hydrogens is 240 g/mol. The standard InChI is InChI=1S/C11H22N2O3S/c1-10(2,3)12-7-6-8-13-9(14)11(4,5)17(13,15)16/h12H,6-8H2,1-5H3. The number of amides is 1.